The Morgan fingerprint density at radius 1 is 1.12 bits per heavy atom. The van der Waals surface area contributed by atoms with Crippen LogP contribution in [0.1, 0.15) is 11.1 Å². The highest BCUT2D eigenvalue weighted by Gasteiger charge is 2.32. The van der Waals surface area contributed by atoms with Gasteiger partial charge in [-0.2, -0.15) is 0 Å². The molecular formula is C20H17IN2O3. The van der Waals surface area contributed by atoms with Crippen LogP contribution in [-0.2, 0) is 11.4 Å². The fourth-order valence-electron chi connectivity index (χ4n) is 2.49. The van der Waals surface area contributed by atoms with E-state index in [4.69, 9.17) is 4.74 Å². The number of carbonyl (C=O) groups is 2. The molecule has 0 bridgehead atoms. The van der Waals surface area contributed by atoms with E-state index < -0.39 is 6.03 Å². The Labute approximate surface area is 165 Å². The molecule has 1 fully saturated rings. The summed E-state index contributed by atoms with van der Waals surface area (Å²) in [5.41, 5.74) is 2.00. The molecule has 2 aromatic rings. The number of carbonyl (C=O) groups excluding carboxylic acids is 2. The Morgan fingerprint density at radius 3 is 2.58 bits per heavy atom. The molecule has 6 heteroatoms. The number of benzene rings is 2. The van der Waals surface area contributed by atoms with Gasteiger partial charge in [-0.25, -0.2) is 4.79 Å². The molecule has 1 aliphatic rings. The van der Waals surface area contributed by atoms with Gasteiger partial charge in [0.1, 0.15) is 18.1 Å². The average Bonchev–Trinajstić information content (AvgIpc) is 2.90. The van der Waals surface area contributed by atoms with Crippen molar-refractivity contribution in [1.82, 2.24) is 10.2 Å². The molecule has 132 valence electrons. The molecule has 3 amide bonds. The van der Waals surface area contributed by atoms with Gasteiger partial charge < -0.3 is 10.1 Å². The summed E-state index contributed by atoms with van der Waals surface area (Å²) in [6, 6.07) is 15.0. The van der Waals surface area contributed by atoms with Crippen LogP contribution in [0.3, 0.4) is 0 Å². The summed E-state index contributed by atoms with van der Waals surface area (Å²) in [6.45, 7) is 4.15. The van der Waals surface area contributed by atoms with Crippen LogP contribution in [0, 0.1) is 3.57 Å². The second-order valence-electron chi connectivity index (χ2n) is 5.65. The van der Waals surface area contributed by atoms with Crippen molar-refractivity contribution < 1.29 is 14.3 Å². The lowest BCUT2D eigenvalue weighted by atomic mass is 10.1. The molecule has 0 atom stereocenters. The molecule has 1 saturated heterocycles. The lowest BCUT2D eigenvalue weighted by molar-refractivity contribution is -0.122. The minimum Gasteiger partial charge on any atom is -0.488 e. The second-order valence-corrected chi connectivity index (χ2v) is 6.89. The van der Waals surface area contributed by atoms with Gasteiger partial charge in [0.15, 0.2) is 0 Å². The van der Waals surface area contributed by atoms with Crippen LogP contribution in [0.2, 0.25) is 0 Å². The Morgan fingerprint density at radius 2 is 1.85 bits per heavy atom. The number of urea groups is 1. The Bertz CT molecular complexity index is 875. The number of rotatable bonds is 6. The third-order valence-electron chi connectivity index (χ3n) is 3.80. The summed E-state index contributed by atoms with van der Waals surface area (Å²) in [4.78, 5) is 25.3. The molecule has 26 heavy (non-hydrogen) atoms. The molecule has 0 aromatic heterocycles. The van der Waals surface area contributed by atoms with Crippen LogP contribution in [0.4, 0.5) is 4.79 Å². The van der Waals surface area contributed by atoms with Crippen molar-refractivity contribution in [2.24, 2.45) is 0 Å². The van der Waals surface area contributed by atoms with Gasteiger partial charge >= 0.3 is 6.03 Å². The van der Waals surface area contributed by atoms with Crippen molar-refractivity contribution in [2.45, 2.75) is 6.61 Å². The Hall–Kier alpha value is -2.61. The lowest BCUT2D eigenvalue weighted by Crippen LogP contribution is -2.30. The summed E-state index contributed by atoms with van der Waals surface area (Å²) in [5.74, 6) is 0.269. The first kappa shape index (κ1) is 18.2. The Balaban J connectivity index is 1.79. The molecule has 2 aromatic carbocycles. The van der Waals surface area contributed by atoms with E-state index in [-0.39, 0.29) is 18.1 Å². The minimum absolute atomic E-state index is 0.174. The highest BCUT2D eigenvalue weighted by molar-refractivity contribution is 14.1. The van der Waals surface area contributed by atoms with Crippen LogP contribution in [0.15, 0.2) is 66.9 Å². The number of amides is 3. The minimum atomic E-state index is -0.446. The number of hydrogen-bond acceptors (Lipinski definition) is 3. The predicted octanol–water partition coefficient (Wildman–Crippen LogP) is 3.95. The van der Waals surface area contributed by atoms with E-state index in [2.05, 4.69) is 34.5 Å². The van der Waals surface area contributed by atoms with Crippen molar-refractivity contribution in [3.8, 4) is 5.75 Å². The number of nitrogens with zero attached hydrogens (tertiary/aromatic N) is 1. The maximum atomic E-state index is 12.3. The number of hydrogen-bond donors (Lipinski definition) is 1. The van der Waals surface area contributed by atoms with Crippen LogP contribution in [0.25, 0.3) is 6.08 Å². The quantitative estimate of drug-likeness (QED) is 0.308. The predicted molar refractivity (Wildman–Crippen MR) is 108 cm³/mol. The Kier molecular flexibility index (Phi) is 5.72. The third-order valence-corrected chi connectivity index (χ3v) is 4.52. The van der Waals surface area contributed by atoms with E-state index in [1.165, 1.54) is 6.08 Å². The molecule has 0 unspecified atom stereocenters. The summed E-state index contributed by atoms with van der Waals surface area (Å²) >= 11 is 2.26. The highest BCUT2D eigenvalue weighted by Crippen LogP contribution is 2.23. The fraction of sp³-hybridized carbons (Fsp3) is 0.100. The van der Waals surface area contributed by atoms with Gasteiger partial charge in [-0.05, 0) is 52.4 Å². The monoisotopic (exact) mass is 460 g/mol. The second kappa shape index (κ2) is 8.18. The average molecular weight is 460 g/mol. The molecule has 0 radical (unpaired) electrons. The standard InChI is InChI=1S/C20H17IN2O3/c1-2-11-23-19(24)17(22-20(23)25)12-15-5-3-4-6-18(15)26-13-14-7-9-16(21)10-8-14/h2-10,12H,1,11,13H2,(H,22,25). The van der Waals surface area contributed by atoms with Crippen molar-refractivity contribution in [3.05, 3.63) is 81.6 Å². The lowest BCUT2D eigenvalue weighted by Gasteiger charge is -2.10. The molecular weight excluding hydrogens is 443 g/mol. The molecule has 3 rings (SSSR count). The topological polar surface area (TPSA) is 58.6 Å². The zero-order chi connectivity index (χ0) is 18.5. The number of nitrogens with one attached hydrogen (secondary N) is 1. The van der Waals surface area contributed by atoms with E-state index >= 15 is 0 Å². The highest BCUT2D eigenvalue weighted by atomic mass is 127. The number of imide groups is 1. The molecule has 1 N–H and O–H groups in total. The smallest absolute Gasteiger partial charge is 0.329 e. The fourth-order valence-corrected chi connectivity index (χ4v) is 2.85. The molecule has 5 nitrogen and oxygen atoms in total. The maximum Gasteiger partial charge on any atom is 0.329 e. The number of para-hydroxylation sites is 1. The van der Waals surface area contributed by atoms with Crippen molar-refractivity contribution >= 4 is 40.6 Å². The first-order valence-corrected chi connectivity index (χ1v) is 9.08. The van der Waals surface area contributed by atoms with Gasteiger partial charge in [0.25, 0.3) is 5.91 Å². The molecule has 0 saturated carbocycles. The largest absolute Gasteiger partial charge is 0.488 e. The SMILES string of the molecule is C=CCN1C(=O)NC(=Cc2ccccc2OCc2ccc(I)cc2)C1=O. The molecule has 1 aliphatic heterocycles. The van der Waals surface area contributed by atoms with E-state index in [0.29, 0.717) is 12.4 Å². The first-order chi connectivity index (χ1) is 12.6. The van der Waals surface area contributed by atoms with Crippen LogP contribution < -0.4 is 10.1 Å². The van der Waals surface area contributed by atoms with Crippen molar-refractivity contribution in [3.63, 3.8) is 0 Å². The summed E-state index contributed by atoms with van der Waals surface area (Å²) in [7, 11) is 0. The molecule has 0 spiro atoms. The summed E-state index contributed by atoms with van der Waals surface area (Å²) in [5, 5.41) is 2.59. The number of halogens is 1. The van der Waals surface area contributed by atoms with Crippen molar-refractivity contribution in [2.75, 3.05) is 6.54 Å². The zero-order valence-corrected chi connectivity index (χ0v) is 16.1. The van der Waals surface area contributed by atoms with Gasteiger partial charge in [-0.3, -0.25) is 9.69 Å². The van der Waals surface area contributed by atoms with E-state index in [1.807, 2.05) is 48.5 Å². The van der Waals surface area contributed by atoms with Crippen molar-refractivity contribution in [1.29, 1.82) is 0 Å². The van der Waals surface area contributed by atoms with Gasteiger partial charge in [0.2, 0.25) is 0 Å². The normalized spacial score (nSPS) is 15.3. The number of ether oxygens (including phenoxy) is 1. The maximum absolute atomic E-state index is 12.3. The van der Waals surface area contributed by atoms with Crippen LogP contribution >= 0.6 is 22.6 Å². The third kappa shape index (κ3) is 4.13. The van der Waals surface area contributed by atoms with E-state index in [1.54, 1.807) is 6.08 Å². The zero-order valence-electron chi connectivity index (χ0n) is 13.9. The van der Waals surface area contributed by atoms with E-state index in [9.17, 15) is 9.59 Å². The summed E-state index contributed by atoms with van der Waals surface area (Å²) in [6.07, 6.45) is 3.14. The molecule has 1 heterocycles. The molecule has 0 aliphatic carbocycles. The van der Waals surface area contributed by atoms with Gasteiger partial charge in [-0.15, -0.1) is 6.58 Å². The van der Waals surface area contributed by atoms with Gasteiger partial charge in [0, 0.05) is 15.7 Å². The van der Waals surface area contributed by atoms with Gasteiger partial charge in [0.05, 0.1) is 0 Å². The summed E-state index contributed by atoms with van der Waals surface area (Å²) < 4.78 is 7.07. The first-order valence-electron chi connectivity index (χ1n) is 8.00. The van der Waals surface area contributed by atoms with Crippen LogP contribution in [-0.4, -0.2) is 23.4 Å². The van der Waals surface area contributed by atoms with E-state index in [0.717, 1.165) is 19.6 Å². The van der Waals surface area contributed by atoms with Gasteiger partial charge in [-0.1, -0.05) is 36.4 Å². The van der Waals surface area contributed by atoms with Crippen LogP contribution in [0.5, 0.6) is 5.75 Å².